The Balaban J connectivity index is 1.23. The van der Waals surface area contributed by atoms with Crippen LogP contribution in [0.4, 0.5) is 4.79 Å². The summed E-state index contributed by atoms with van der Waals surface area (Å²) in [6.45, 7) is 2.68. The molecule has 32 heavy (non-hydrogen) atoms. The van der Waals surface area contributed by atoms with Gasteiger partial charge in [-0.15, -0.1) is 0 Å². The number of carbonyl (C=O) groups is 3. The van der Waals surface area contributed by atoms with E-state index in [-0.39, 0.29) is 12.5 Å². The van der Waals surface area contributed by atoms with Crippen LogP contribution in [0.3, 0.4) is 0 Å². The minimum absolute atomic E-state index is 0.191. The summed E-state index contributed by atoms with van der Waals surface area (Å²) in [6.07, 6.45) is 3.79. The smallest absolute Gasteiger partial charge is 0.325 e. The number of fused-ring (bicyclic) bond motifs is 1. The predicted molar refractivity (Wildman–Crippen MR) is 121 cm³/mol. The number of para-hydroxylation sites is 1. The topological polar surface area (TPSA) is 85.5 Å². The number of aromatic amines is 1. The number of imide groups is 1. The van der Waals surface area contributed by atoms with Gasteiger partial charge in [0.15, 0.2) is 0 Å². The normalized spacial score (nSPS) is 21.9. The number of benzene rings is 2. The van der Waals surface area contributed by atoms with Crippen molar-refractivity contribution >= 4 is 28.7 Å². The molecule has 2 aromatic carbocycles. The lowest BCUT2D eigenvalue weighted by Gasteiger charge is -2.32. The second kappa shape index (κ2) is 7.82. The van der Waals surface area contributed by atoms with Gasteiger partial charge < -0.3 is 15.2 Å². The highest BCUT2D eigenvalue weighted by Crippen LogP contribution is 2.33. The SMILES string of the molecule is CC1(c2ccccc2)NC(=O)N(CC(=O)N2CCC(c3c[nH]c4ccccc34)CC2)C1=O. The summed E-state index contributed by atoms with van der Waals surface area (Å²) in [5.41, 5.74) is 1.97. The molecule has 1 atom stereocenters. The van der Waals surface area contributed by atoms with Crippen LogP contribution >= 0.6 is 0 Å². The third-order valence-electron chi connectivity index (χ3n) is 6.83. The predicted octanol–water partition coefficient (Wildman–Crippen LogP) is 3.34. The molecule has 7 heteroatoms. The van der Waals surface area contributed by atoms with Crippen molar-refractivity contribution in [3.63, 3.8) is 0 Å². The molecule has 5 rings (SSSR count). The molecule has 2 N–H and O–H groups in total. The number of carbonyl (C=O) groups excluding carboxylic acids is 3. The molecule has 164 valence electrons. The van der Waals surface area contributed by atoms with Crippen LogP contribution in [0.5, 0.6) is 0 Å². The lowest BCUT2D eigenvalue weighted by atomic mass is 9.89. The first-order valence-corrected chi connectivity index (χ1v) is 11.0. The second-order valence-corrected chi connectivity index (χ2v) is 8.76. The Morgan fingerprint density at radius 2 is 1.72 bits per heavy atom. The summed E-state index contributed by atoms with van der Waals surface area (Å²) in [5.74, 6) is -0.202. The molecule has 1 aromatic heterocycles. The van der Waals surface area contributed by atoms with Gasteiger partial charge in [0, 0.05) is 30.2 Å². The van der Waals surface area contributed by atoms with Gasteiger partial charge in [0.05, 0.1) is 0 Å². The Bertz CT molecular complexity index is 1180. The number of H-pyrrole nitrogens is 1. The van der Waals surface area contributed by atoms with Crippen molar-refractivity contribution in [3.8, 4) is 0 Å². The van der Waals surface area contributed by atoms with Crippen molar-refractivity contribution in [3.05, 3.63) is 71.9 Å². The van der Waals surface area contributed by atoms with Crippen molar-refractivity contribution in [2.24, 2.45) is 0 Å². The Kier molecular flexibility index (Phi) is 4.96. The Labute approximate surface area is 186 Å². The zero-order chi connectivity index (χ0) is 22.3. The average Bonchev–Trinajstić information content (AvgIpc) is 3.35. The highest BCUT2D eigenvalue weighted by Gasteiger charge is 2.49. The van der Waals surface area contributed by atoms with E-state index in [0.29, 0.717) is 24.6 Å². The van der Waals surface area contributed by atoms with E-state index in [2.05, 4.69) is 28.6 Å². The van der Waals surface area contributed by atoms with Crippen molar-refractivity contribution < 1.29 is 14.4 Å². The summed E-state index contributed by atoms with van der Waals surface area (Å²) < 4.78 is 0. The largest absolute Gasteiger partial charge is 0.361 e. The molecule has 2 saturated heterocycles. The van der Waals surface area contributed by atoms with Crippen LogP contribution in [-0.2, 0) is 15.1 Å². The molecule has 2 fully saturated rings. The molecule has 3 heterocycles. The molecule has 0 bridgehead atoms. The minimum atomic E-state index is -1.15. The van der Waals surface area contributed by atoms with Gasteiger partial charge in [-0.05, 0) is 42.9 Å². The summed E-state index contributed by atoms with van der Waals surface area (Å²) >= 11 is 0. The third-order valence-corrected chi connectivity index (χ3v) is 6.83. The summed E-state index contributed by atoms with van der Waals surface area (Å²) in [5, 5.41) is 3.99. The fraction of sp³-hybridized carbons (Fsp3) is 0.320. The van der Waals surface area contributed by atoms with E-state index in [1.165, 1.54) is 10.9 Å². The van der Waals surface area contributed by atoms with Crippen LogP contribution in [0.25, 0.3) is 10.9 Å². The van der Waals surface area contributed by atoms with Gasteiger partial charge in [-0.2, -0.15) is 0 Å². The number of amides is 4. The number of hydrogen-bond donors (Lipinski definition) is 2. The first kappa shape index (κ1) is 20.3. The van der Waals surface area contributed by atoms with Crippen LogP contribution in [0.2, 0.25) is 0 Å². The van der Waals surface area contributed by atoms with Gasteiger partial charge in [-0.3, -0.25) is 14.5 Å². The zero-order valence-electron chi connectivity index (χ0n) is 18.0. The van der Waals surface area contributed by atoms with Gasteiger partial charge in [0.2, 0.25) is 5.91 Å². The maximum absolute atomic E-state index is 13.1. The molecule has 3 aromatic rings. The van der Waals surface area contributed by atoms with Crippen LogP contribution in [0, 0.1) is 0 Å². The highest BCUT2D eigenvalue weighted by molar-refractivity contribution is 6.09. The number of aromatic nitrogens is 1. The lowest BCUT2D eigenvalue weighted by molar-refractivity contribution is -0.139. The van der Waals surface area contributed by atoms with Crippen molar-refractivity contribution in [1.29, 1.82) is 0 Å². The Morgan fingerprint density at radius 1 is 1.03 bits per heavy atom. The number of nitrogens with one attached hydrogen (secondary N) is 2. The molecule has 1 unspecified atom stereocenters. The molecule has 0 radical (unpaired) electrons. The molecule has 7 nitrogen and oxygen atoms in total. The average molecular weight is 431 g/mol. The van der Waals surface area contributed by atoms with Gasteiger partial charge in [0.1, 0.15) is 12.1 Å². The highest BCUT2D eigenvalue weighted by atomic mass is 16.2. The minimum Gasteiger partial charge on any atom is -0.361 e. The number of hydrogen-bond acceptors (Lipinski definition) is 3. The van der Waals surface area contributed by atoms with Crippen LogP contribution < -0.4 is 5.32 Å². The Morgan fingerprint density at radius 3 is 2.47 bits per heavy atom. The van der Waals surface area contributed by atoms with Gasteiger partial charge in [-0.1, -0.05) is 48.5 Å². The fourth-order valence-electron chi connectivity index (χ4n) is 4.91. The molecular formula is C25H26N4O3. The van der Waals surface area contributed by atoms with E-state index in [1.54, 1.807) is 24.0 Å². The number of rotatable bonds is 4. The lowest BCUT2D eigenvalue weighted by Crippen LogP contribution is -2.46. The molecule has 2 aliphatic rings. The molecule has 0 aliphatic carbocycles. The van der Waals surface area contributed by atoms with E-state index >= 15 is 0 Å². The van der Waals surface area contributed by atoms with Gasteiger partial charge in [0.25, 0.3) is 5.91 Å². The maximum atomic E-state index is 13.1. The molecular weight excluding hydrogens is 404 g/mol. The van der Waals surface area contributed by atoms with E-state index in [1.807, 2.05) is 30.3 Å². The first-order valence-electron chi connectivity index (χ1n) is 11.0. The molecule has 2 aliphatic heterocycles. The molecule has 4 amide bonds. The van der Waals surface area contributed by atoms with E-state index < -0.39 is 17.5 Å². The molecule has 0 spiro atoms. The van der Waals surface area contributed by atoms with Gasteiger partial charge in [-0.25, -0.2) is 4.79 Å². The van der Waals surface area contributed by atoms with Crippen LogP contribution in [0.1, 0.15) is 36.8 Å². The second-order valence-electron chi connectivity index (χ2n) is 8.76. The summed E-state index contributed by atoms with van der Waals surface area (Å²) in [7, 11) is 0. The fourth-order valence-corrected chi connectivity index (χ4v) is 4.91. The Hall–Kier alpha value is -3.61. The number of piperidine rings is 1. The van der Waals surface area contributed by atoms with E-state index in [0.717, 1.165) is 23.3 Å². The maximum Gasteiger partial charge on any atom is 0.325 e. The van der Waals surface area contributed by atoms with E-state index in [9.17, 15) is 14.4 Å². The van der Waals surface area contributed by atoms with Gasteiger partial charge >= 0.3 is 6.03 Å². The summed E-state index contributed by atoms with van der Waals surface area (Å²) in [4.78, 5) is 44.7. The van der Waals surface area contributed by atoms with Crippen LogP contribution in [0.15, 0.2) is 60.8 Å². The van der Waals surface area contributed by atoms with Crippen molar-refractivity contribution in [1.82, 2.24) is 20.1 Å². The number of nitrogens with zero attached hydrogens (tertiary/aromatic N) is 2. The third kappa shape index (κ3) is 3.34. The molecule has 0 saturated carbocycles. The van der Waals surface area contributed by atoms with E-state index in [4.69, 9.17) is 0 Å². The van der Waals surface area contributed by atoms with Crippen molar-refractivity contribution in [2.75, 3.05) is 19.6 Å². The first-order chi connectivity index (χ1) is 15.5. The standard InChI is InChI=1S/C25H26N4O3/c1-25(18-7-3-2-4-8-18)23(31)29(24(32)27-25)16-22(30)28-13-11-17(12-14-28)20-15-26-21-10-6-5-9-19(20)21/h2-10,15,17,26H,11-14,16H2,1H3,(H,27,32). The van der Waals surface area contributed by atoms with Crippen LogP contribution in [-0.4, -0.2) is 52.3 Å². The summed E-state index contributed by atoms with van der Waals surface area (Å²) in [6, 6.07) is 16.8. The monoisotopic (exact) mass is 430 g/mol. The number of likely N-dealkylation sites (tertiary alicyclic amines) is 1. The quantitative estimate of drug-likeness (QED) is 0.623. The number of urea groups is 1. The zero-order valence-corrected chi connectivity index (χ0v) is 18.0. The van der Waals surface area contributed by atoms with Crippen molar-refractivity contribution in [2.45, 2.75) is 31.2 Å².